The van der Waals surface area contributed by atoms with Crippen LogP contribution in [0.25, 0.3) is 0 Å². The van der Waals surface area contributed by atoms with E-state index in [1.807, 2.05) is 18.2 Å². The molecule has 0 aromatic heterocycles. The van der Waals surface area contributed by atoms with Gasteiger partial charge < -0.3 is 15.4 Å². The lowest BCUT2D eigenvalue weighted by atomic mass is 9.58. The minimum Gasteiger partial charge on any atom is -0.450 e. The number of rotatable bonds is 2. The summed E-state index contributed by atoms with van der Waals surface area (Å²) in [5.41, 5.74) is 4.71. The van der Waals surface area contributed by atoms with Gasteiger partial charge in [-0.05, 0) is 24.1 Å². The van der Waals surface area contributed by atoms with Crippen LogP contribution in [0.15, 0.2) is 47.2 Å². The molecule has 1 aromatic carbocycles. The topological polar surface area (TPSA) is 127 Å². The van der Waals surface area contributed by atoms with E-state index in [0.29, 0.717) is 5.57 Å². The van der Waals surface area contributed by atoms with Gasteiger partial charge in [0.25, 0.3) is 0 Å². The molecular weight excluding hydrogens is 373 g/mol. The van der Waals surface area contributed by atoms with Gasteiger partial charge in [0.15, 0.2) is 5.41 Å². The Morgan fingerprint density at radius 2 is 2.03 bits per heavy atom. The third kappa shape index (κ3) is 2.98. The second-order valence-electron chi connectivity index (χ2n) is 6.80. The molecule has 1 aromatic rings. The van der Waals surface area contributed by atoms with Crippen molar-refractivity contribution in [3.05, 3.63) is 58.6 Å². The van der Waals surface area contributed by atoms with Crippen LogP contribution in [0, 0.1) is 51.1 Å². The van der Waals surface area contributed by atoms with Crippen LogP contribution in [0.5, 0.6) is 0 Å². The van der Waals surface area contributed by atoms with E-state index in [2.05, 4.69) is 0 Å². The van der Waals surface area contributed by atoms with Crippen molar-refractivity contribution in [2.75, 3.05) is 19.7 Å². The van der Waals surface area contributed by atoms with Gasteiger partial charge in [-0.15, -0.1) is 0 Å². The fourth-order valence-corrected chi connectivity index (χ4v) is 4.12. The number of carbonyl (C=O) groups excluding carboxylic acids is 1. The summed E-state index contributed by atoms with van der Waals surface area (Å²) in [5.74, 6) is -2.27. The number of halogens is 1. The molecular formula is C21H18FN5O2. The molecule has 8 heteroatoms. The van der Waals surface area contributed by atoms with Crippen molar-refractivity contribution >= 4 is 6.09 Å². The van der Waals surface area contributed by atoms with Gasteiger partial charge in [0.2, 0.25) is 0 Å². The number of carbonyl (C=O) groups is 1. The van der Waals surface area contributed by atoms with E-state index in [4.69, 9.17) is 10.5 Å². The molecule has 7 nitrogen and oxygen atoms in total. The van der Waals surface area contributed by atoms with Crippen LogP contribution in [0.1, 0.15) is 18.4 Å². The smallest absolute Gasteiger partial charge is 0.410 e. The predicted octanol–water partition coefficient (Wildman–Crippen LogP) is 2.71. The molecule has 1 amide bonds. The number of benzene rings is 1. The third-order valence-corrected chi connectivity index (χ3v) is 5.43. The fourth-order valence-electron chi connectivity index (χ4n) is 4.12. The van der Waals surface area contributed by atoms with Gasteiger partial charge in [0, 0.05) is 24.9 Å². The fraction of sp³-hybridized carbons (Fsp3) is 0.333. The van der Waals surface area contributed by atoms with Crippen molar-refractivity contribution in [3.63, 3.8) is 0 Å². The Labute approximate surface area is 167 Å². The maximum atomic E-state index is 14.8. The quantitative estimate of drug-likeness (QED) is 0.826. The Morgan fingerprint density at radius 1 is 1.34 bits per heavy atom. The molecule has 0 radical (unpaired) electrons. The average Bonchev–Trinajstić information content (AvgIpc) is 2.73. The van der Waals surface area contributed by atoms with Crippen molar-refractivity contribution in [3.8, 4) is 18.2 Å². The van der Waals surface area contributed by atoms with E-state index >= 15 is 0 Å². The van der Waals surface area contributed by atoms with Gasteiger partial charge in [-0.2, -0.15) is 15.8 Å². The van der Waals surface area contributed by atoms with Crippen molar-refractivity contribution < 1.29 is 13.9 Å². The van der Waals surface area contributed by atoms with Gasteiger partial charge in [-0.1, -0.05) is 24.3 Å². The first kappa shape index (κ1) is 19.9. The van der Waals surface area contributed by atoms with E-state index in [-0.39, 0.29) is 36.5 Å². The lowest BCUT2D eigenvalue weighted by Gasteiger charge is -2.45. The SMILES string of the molecule is CCOC(=O)N1CC=C2C(C#N)=C(N)C(C#N)(C#N)[C@H](c3ccccc3F)[C@@H]2C1. The number of nitrogens with two attached hydrogens (primary N) is 1. The van der Waals surface area contributed by atoms with Gasteiger partial charge >= 0.3 is 6.09 Å². The minimum atomic E-state index is -1.95. The molecule has 1 aliphatic carbocycles. The van der Waals surface area contributed by atoms with Crippen molar-refractivity contribution in [2.24, 2.45) is 17.1 Å². The molecule has 146 valence electrons. The van der Waals surface area contributed by atoms with Gasteiger partial charge in [0.05, 0.1) is 30.0 Å². The molecule has 1 heterocycles. The van der Waals surface area contributed by atoms with E-state index in [9.17, 15) is 25.0 Å². The average molecular weight is 391 g/mol. The molecule has 0 unspecified atom stereocenters. The highest BCUT2D eigenvalue weighted by atomic mass is 19.1. The molecule has 29 heavy (non-hydrogen) atoms. The summed E-state index contributed by atoms with van der Waals surface area (Å²) in [7, 11) is 0. The summed E-state index contributed by atoms with van der Waals surface area (Å²) in [6.07, 6.45) is 1.10. The van der Waals surface area contributed by atoms with Crippen LogP contribution in [-0.4, -0.2) is 30.7 Å². The second kappa shape index (κ2) is 7.66. The molecule has 0 spiro atoms. The number of nitrogens with zero attached hydrogens (tertiary/aromatic N) is 4. The summed E-state index contributed by atoms with van der Waals surface area (Å²) in [6.45, 7) is 2.11. The van der Waals surface area contributed by atoms with Crippen LogP contribution >= 0.6 is 0 Å². The molecule has 0 bridgehead atoms. The van der Waals surface area contributed by atoms with Gasteiger partial charge in [-0.25, -0.2) is 9.18 Å². The number of hydrogen-bond donors (Lipinski definition) is 1. The highest BCUT2D eigenvalue weighted by molar-refractivity contribution is 5.69. The Balaban J connectivity index is 2.26. The third-order valence-electron chi connectivity index (χ3n) is 5.43. The lowest BCUT2D eigenvalue weighted by molar-refractivity contribution is 0.0997. The van der Waals surface area contributed by atoms with Crippen LogP contribution in [-0.2, 0) is 4.74 Å². The summed E-state index contributed by atoms with van der Waals surface area (Å²) >= 11 is 0. The zero-order valence-corrected chi connectivity index (χ0v) is 15.7. The largest absolute Gasteiger partial charge is 0.450 e. The van der Waals surface area contributed by atoms with Crippen molar-refractivity contribution in [2.45, 2.75) is 12.8 Å². The number of hydrogen-bond acceptors (Lipinski definition) is 6. The van der Waals surface area contributed by atoms with Crippen molar-refractivity contribution in [1.29, 1.82) is 15.8 Å². The predicted molar refractivity (Wildman–Crippen MR) is 99.8 cm³/mol. The number of fused-ring (bicyclic) bond motifs is 1. The van der Waals surface area contributed by atoms with E-state index in [1.165, 1.54) is 23.1 Å². The summed E-state index contributed by atoms with van der Waals surface area (Å²) < 4.78 is 19.8. The van der Waals surface area contributed by atoms with Gasteiger partial charge in [-0.3, -0.25) is 0 Å². The summed E-state index contributed by atoms with van der Waals surface area (Å²) in [5, 5.41) is 29.6. The second-order valence-corrected chi connectivity index (χ2v) is 6.80. The summed E-state index contributed by atoms with van der Waals surface area (Å²) in [6, 6.07) is 11.7. The molecule has 0 fully saturated rings. The first-order valence-corrected chi connectivity index (χ1v) is 9.04. The zero-order chi connectivity index (χ0) is 21.2. The molecule has 0 saturated heterocycles. The summed E-state index contributed by atoms with van der Waals surface area (Å²) in [4.78, 5) is 13.7. The van der Waals surface area contributed by atoms with Gasteiger partial charge in [0.1, 0.15) is 11.9 Å². The maximum absolute atomic E-state index is 14.8. The van der Waals surface area contributed by atoms with E-state index in [1.54, 1.807) is 19.1 Å². The highest BCUT2D eigenvalue weighted by Gasteiger charge is 2.55. The lowest BCUT2D eigenvalue weighted by Crippen LogP contribution is -2.49. The zero-order valence-electron chi connectivity index (χ0n) is 15.7. The first-order valence-electron chi connectivity index (χ1n) is 9.04. The molecule has 2 aliphatic rings. The molecule has 0 saturated carbocycles. The Morgan fingerprint density at radius 3 is 2.62 bits per heavy atom. The van der Waals surface area contributed by atoms with E-state index in [0.717, 1.165) is 0 Å². The number of allylic oxidation sites excluding steroid dienone is 2. The molecule has 3 rings (SSSR count). The molecule has 2 atom stereocenters. The number of ether oxygens (including phenoxy) is 1. The molecule has 2 N–H and O–H groups in total. The van der Waals surface area contributed by atoms with Crippen LogP contribution in [0.2, 0.25) is 0 Å². The minimum absolute atomic E-state index is 0.0363. The monoisotopic (exact) mass is 391 g/mol. The molecule has 1 aliphatic heterocycles. The number of amides is 1. The number of nitriles is 3. The highest BCUT2D eigenvalue weighted by Crippen LogP contribution is 2.54. The van der Waals surface area contributed by atoms with Crippen LogP contribution in [0.4, 0.5) is 9.18 Å². The van der Waals surface area contributed by atoms with Crippen molar-refractivity contribution in [1.82, 2.24) is 4.90 Å². The van der Waals surface area contributed by atoms with Crippen LogP contribution < -0.4 is 5.73 Å². The Kier molecular flexibility index (Phi) is 5.26. The Hall–Kier alpha value is -3.83. The van der Waals surface area contributed by atoms with Crippen LogP contribution in [0.3, 0.4) is 0 Å². The first-order chi connectivity index (χ1) is 13.9. The standard InChI is InChI=1S/C21H18FN5O2/c1-2-29-20(28)27-8-7-13-15(9-23)19(26)21(11-24,12-25)18(16(13)10-27)14-5-3-4-6-17(14)22/h3-7,16,18H,2,8,10,26H2,1H3/t16-,18-/m1/s1. The maximum Gasteiger partial charge on any atom is 0.410 e. The Bertz CT molecular complexity index is 1030. The van der Waals surface area contributed by atoms with E-state index < -0.39 is 29.2 Å². The normalized spacial score (nSPS) is 22.4.